The molecule has 0 radical (unpaired) electrons. The number of nitrogens with one attached hydrogen (secondary N) is 2. The highest BCUT2D eigenvalue weighted by Gasteiger charge is 2.34. The highest BCUT2D eigenvalue weighted by atomic mass is 35.5. The molecule has 194 valence electrons. The maximum Gasteiger partial charge on any atom is 0.255 e. The summed E-state index contributed by atoms with van der Waals surface area (Å²) in [6.07, 6.45) is 1.45. The van der Waals surface area contributed by atoms with Crippen molar-refractivity contribution in [2.45, 2.75) is 26.5 Å². The van der Waals surface area contributed by atoms with Gasteiger partial charge in [-0.1, -0.05) is 41.4 Å². The molecule has 1 atom stereocenters. The van der Waals surface area contributed by atoms with Crippen LogP contribution in [0.5, 0.6) is 11.5 Å². The summed E-state index contributed by atoms with van der Waals surface area (Å²) in [6.45, 7) is 4.55. The molecule has 2 N–H and O–H groups in total. The summed E-state index contributed by atoms with van der Waals surface area (Å²) in [4.78, 5) is 17.9. The van der Waals surface area contributed by atoms with E-state index < -0.39 is 6.04 Å². The number of nitrogens with zero attached hydrogens (tertiary/aromatic N) is 3. The smallest absolute Gasteiger partial charge is 0.255 e. The van der Waals surface area contributed by atoms with Crippen molar-refractivity contribution in [2.75, 3.05) is 17.2 Å². The van der Waals surface area contributed by atoms with E-state index in [0.29, 0.717) is 57.7 Å². The van der Waals surface area contributed by atoms with Gasteiger partial charge in [-0.2, -0.15) is 10.1 Å². The zero-order valence-electron chi connectivity index (χ0n) is 20.7. The van der Waals surface area contributed by atoms with Crippen LogP contribution in [0.15, 0.2) is 84.3 Å². The molecule has 8 nitrogen and oxygen atoms in total. The summed E-state index contributed by atoms with van der Waals surface area (Å²) in [5.74, 6) is 1.42. The minimum Gasteiger partial charge on any atom is -0.490 e. The lowest BCUT2D eigenvalue weighted by atomic mass is 9.94. The third-order valence-corrected chi connectivity index (χ3v) is 6.54. The van der Waals surface area contributed by atoms with E-state index in [4.69, 9.17) is 32.7 Å². The van der Waals surface area contributed by atoms with Crippen LogP contribution >= 0.6 is 23.2 Å². The summed E-state index contributed by atoms with van der Waals surface area (Å²) in [7, 11) is 0. The Balaban J connectivity index is 1.48. The van der Waals surface area contributed by atoms with Gasteiger partial charge in [0.05, 0.1) is 12.2 Å². The third-order valence-electron chi connectivity index (χ3n) is 6.03. The summed E-state index contributed by atoms with van der Waals surface area (Å²) in [5.41, 5.74) is 3.56. The fourth-order valence-corrected chi connectivity index (χ4v) is 4.50. The summed E-state index contributed by atoms with van der Waals surface area (Å²) < 4.78 is 13.7. The number of halogens is 2. The van der Waals surface area contributed by atoms with Gasteiger partial charge >= 0.3 is 0 Å². The fraction of sp³-hybridized carbons (Fsp3) is 0.179. The summed E-state index contributed by atoms with van der Waals surface area (Å²) in [5, 5.41) is 11.8. The van der Waals surface area contributed by atoms with E-state index in [2.05, 4.69) is 20.7 Å². The van der Waals surface area contributed by atoms with Gasteiger partial charge in [0.25, 0.3) is 5.91 Å². The van der Waals surface area contributed by atoms with E-state index in [9.17, 15) is 4.79 Å². The van der Waals surface area contributed by atoms with E-state index in [1.54, 1.807) is 28.9 Å². The number of anilines is 2. The first-order valence-corrected chi connectivity index (χ1v) is 12.8. The molecule has 0 saturated carbocycles. The third kappa shape index (κ3) is 5.46. The molecule has 10 heteroatoms. The van der Waals surface area contributed by atoms with Crippen molar-refractivity contribution >= 4 is 40.7 Å². The second kappa shape index (κ2) is 11.2. The number of carbonyl (C=O) groups excluding carboxylic acids is 1. The van der Waals surface area contributed by atoms with E-state index in [-0.39, 0.29) is 5.91 Å². The molecular formula is C28H25Cl2N5O3. The average Bonchev–Trinajstić information content (AvgIpc) is 3.37. The van der Waals surface area contributed by atoms with Crippen LogP contribution in [0.2, 0.25) is 10.0 Å². The first-order valence-electron chi connectivity index (χ1n) is 12.0. The largest absolute Gasteiger partial charge is 0.490 e. The maximum atomic E-state index is 13.6. The Morgan fingerprint density at radius 3 is 2.42 bits per heavy atom. The van der Waals surface area contributed by atoms with Crippen LogP contribution in [0.1, 0.15) is 31.0 Å². The van der Waals surface area contributed by atoms with E-state index in [1.807, 2.05) is 56.3 Å². The Labute approximate surface area is 230 Å². The number of ether oxygens (including phenoxy) is 2. The second-order valence-electron chi connectivity index (χ2n) is 8.61. The van der Waals surface area contributed by atoms with Crippen LogP contribution in [0, 0.1) is 0 Å². The van der Waals surface area contributed by atoms with Crippen molar-refractivity contribution in [2.24, 2.45) is 0 Å². The molecule has 1 amide bonds. The summed E-state index contributed by atoms with van der Waals surface area (Å²) >= 11 is 12.0. The highest BCUT2D eigenvalue weighted by Crippen LogP contribution is 2.39. The minimum atomic E-state index is -0.550. The zero-order valence-corrected chi connectivity index (χ0v) is 22.3. The van der Waals surface area contributed by atoms with Crippen molar-refractivity contribution in [3.8, 4) is 11.5 Å². The van der Waals surface area contributed by atoms with E-state index >= 15 is 0 Å². The molecule has 0 saturated heterocycles. The van der Waals surface area contributed by atoms with Crippen molar-refractivity contribution in [3.63, 3.8) is 0 Å². The highest BCUT2D eigenvalue weighted by molar-refractivity contribution is 6.30. The van der Waals surface area contributed by atoms with E-state index in [0.717, 1.165) is 11.1 Å². The normalized spacial score (nSPS) is 14.5. The predicted octanol–water partition coefficient (Wildman–Crippen LogP) is 6.49. The van der Waals surface area contributed by atoms with Gasteiger partial charge in [-0.15, -0.1) is 0 Å². The van der Waals surface area contributed by atoms with Gasteiger partial charge in [0.1, 0.15) is 19.0 Å². The van der Waals surface area contributed by atoms with E-state index in [1.165, 1.54) is 6.33 Å². The van der Waals surface area contributed by atoms with Crippen molar-refractivity contribution in [1.82, 2.24) is 14.8 Å². The lowest BCUT2D eigenvalue weighted by Crippen LogP contribution is -2.31. The van der Waals surface area contributed by atoms with Gasteiger partial charge in [0.2, 0.25) is 5.95 Å². The predicted molar refractivity (Wildman–Crippen MR) is 148 cm³/mol. The minimum absolute atomic E-state index is 0.274. The van der Waals surface area contributed by atoms with Crippen LogP contribution in [0.4, 0.5) is 11.6 Å². The Kier molecular flexibility index (Phi) is 7.53. The van der Waals surface area contributed by atoms with Crippen LogP contribution in [-0.2, 0) is 11.4 Å². The van der Waals surface area contributed by atoms with Gasteiger partial charge in [-0.25, -0.2) is 4.68 Å². The van der Waals surface area contributed by atoms with Crippen LogP contribution in [0.25, 0.3) is 0 Å². The molecule has 5 rings (SSSR count). The molecule has 0 unspecified atom stereocenters. The first-order chi connectivity index (χ1) is 18.4. The number of carbonyl (C=O) groups is 1. The van der Waals surface area contributed by atoms with Crippen LogP contribution < -0.4 is 20.1 Å². The topological polar surface area (TPSA) is 90.3 Å². The van der Waals surface area contributed by atoms with Crippen molar-refractivity contribution in [3.05, 3.63) is 105 Å². The van der Waals surface area contributed by atoms with Crippen LogP contribution in [-0.4, -0.2) is 27.3 Å². The molecule has 3 aromatic carbocycles. The molecule has 38 heavy (non-hydrogen) atoms. The van der Waals surface area contributed by atoms with Crippen LogP contribution in [0.3, 0.4) is 0 Å². The molecule has 0 spiro atoms. The number of allylic oxidation sites excluding steroid dienone is 1. The first kappa shape index (κ1) is 25.6. The molecule has 2 heterocycles. The SMILES string of the molecule is CCOc1cc([C@@H]2C(C(=O)Nc3ccc(Cl)cc3)=C(C)Nc3ncnn32)ccc1OCc1ccc(Cl)cc1. The Bertz CT molecular complexity index is 1480. The number of hydrogen-bond acceptors (Lipinski definition) is 6. The number of rotatable bonds is 8. The average molecular weight is 550 g/mol. The van der Waals surface area contributed by atoms with Gasteiger partial charge in [-0.3, -0.25) is 4.79 Å². The molecule has 0 bridgehead atoms. The molecule has 1 aliphatic rings. The monoisotopic (exact) mass is 549 g/mol. The molecule has 1 aromatic heterocycles. The summed E-state index contributed by atoms with van der Waals surface area (Å²) in [6, 6.07) is 19.5. The number of fused-ring (bicyclic) bond motifs is 1. The molecule has 0 fully saturated rings. The maximum absolute atomic E-state index is 13.6. The molecular weight excluding hydrogens is 525 g/mol. The zero-order chi connectivity index (χ0) is 26.6. The van der Waals surface area contributed by atoms with Gasteiger partial charge < -0.3 is 20.1 Å². The number of aromatic nitrogens is 3. The molecule has 0 aliphatic carbocycles. The number of amides is 1. The molecule has 4 aromatic rings. The Hall–Kier alpha value is -4.01. The quantitative estimate of drug-likeness (QED) is 0.261. The molecule has 1 aliphatic heterocycles. The number of benzene rings is 3. The number of hydrogen-bond donors (Lipinski definition) is 2. The standard InChI is InChI=1S/C28H25Cl2N5O3/c1-3-37-24-14-19(6-13-23(24)38-15-18-4-7-20(29)8-5-18)26-25(17(2)33-28-31-16-32-35(26)28)27(36)34-22-11-9-21(30)10-12-22/h4-14,16,26H,3,15H2,1-2H3,(H,34,36)(H,31,32,33)/t26-/m1/s1. The fourth-order valence-electron chi connectivity index (χ4n) is 4.25. The van der Waals surface area contributed by atoms with Gasteiger partial charge in [0, 0.05) is 21.4 Å². The lowest BCUT2D eigenvalue weighted by Gasteiger charge is -2.29. The van der Waals surface area contributed by atoms with Crippen molar-refractivity contribution < 1.29 is 14.3 Å². The van der Waals surface area contributed by atoms with Crippen molar-refractivity contribution in [1.29, 1.82) is 0 Å². The van der Waals surface area contributed by atoms with Gasteiger partial charge in [-0.05, 0) is 73.5 Å². The second-order valence-corrected chi connectivity index (χ2v) is 9.48. The lowest BCUT2D eigenvalue weighted by molar-refractivity contribution is -0.113. The Morgan fingerprint density at radius 1 is 1.00 bits per heavy atom. The van der Waals surface area contributed by atoms with Gasteiger partial charge in [0.15, 0.2) is 11.5 Å². The Morgan fingerprint density at radius 2 is 1.71 bits per heavy atom.